The van der Waals surface area contributed by atoms with Gasteiger partial charge in [-0.05, 0) is 48.9 Å². The van der Waals surface area contributed by atoms with E-state index in [1.165, 1.54) is 19.1 Å². The number of carboxylic acid groups (broad SMARTS) is 1. The van der Waals surface area contributed by atoms with Crippen LogP contribution < -0.4 is 0 Å². The van der Waals surface area contributed by atoms with E-state index in [-0.39, 0.29) is 22.8 Å². The van der Waals surface area contributed by atoms with Crippen molar-refractivity contribution in [1.82, 2.24) is 0 Å². The molecule has 1 fully saturated rings. The van der Waals surface area contributed by atoms with Crippen LogP contribution in [0.1, 0.15) is 36.3 Å². The van der Waals surface area contributed by atoms with Gasteiger partial charge >= 0.3 is 5.97 Å². The van der Waals surface area contributed by atoms with Gasteiger partial charge in [0.15, 0.2) is 9.84 Å². The highest BCUT2D eigenvalue weighted by molar-refractivity contribution is 7.90. The summed E-state index contributed by atoms with van der Waals surface area (Å²) >= 11 is 0. The molecule has 1 aliphatic carbocycles. The fourth-order valence-electron chi connectivity index (χ4n) is 2.57. The average Bonchev–Trinajstić information content (AvgIpc) is 3.08. The van der Waals surface area contributed by atoms with Crippen molar-refractivity contribution in [2.24, 2.45) is 5.92 Å². The lowest BCUT2D eigenvalue weighted by molar-refractivity contribution is -0.137. The molecule has 0 amide bonds. The SMILES string of the molecule is Cc1cc(F)c(C(CC(=O)O)C2CC2)cc1S(C)(=O)=O. The summed E-state index contributed by atoms with van der Waals surface area (Å²) in [7, 11) is -3.45. The van der Waals surface area contributed by atoms with E-state index in [4.69, 9.17) is 5.11 Å². The number of carbonyl (C=O) groups is 1. The fourth-order valence-corrected chi connectivity index (χ4v) is 3.55. The zero-order valence-corrected chi connectivity index (χ0v) is 12.2. The maximum Gasteiger partial charge on any atom is 0.303 e. The molecule has 1 atom stereocenters. The third-order valence-corrected chi connectivity index (χ3v) is 4.92. The molecule has 1 aromatic rings. The van der Waals surface area contributed by atoms with Crippen molar-refractivity contribution in [2.75, 3.05) is 6.26 Å². The van der Waals surface area contributed by atoms with Crippen molar-refractivity contribution in [3.05, 3.63) is 29.1 Å². The summed E-state index contributed by atoms with van der Waals surface area (Å²) in [5, 5.41) is 8.96. The quantitative estimate of drug-likeness (QED) is 0.848. The van der Waals surface area contributed by atoms with E-state index in [0.717, 1.165) is 19.1 Å². The predicted molar refractivity (Wildman–Crippen MR) is 72.0 cm³/mol. The van der Waals surface area contributed by atoms with Crippen molar-refractivity contribution >= 4 is 15.8 Å². The smallest absolute Gasteiger partial charge is 0.303 e. The Kier molecular flexibility index (Phi) is 3.86. The normalized spacial score (nSPS) is 16.9. The number of benzene rings is 1. The Morgan fingerprint density at radius 2 is 2.05 bits per heavy atom. The molecule has 0 heterocycles. The van der Waals surface area contributed by atoms with Crippen LogP contribution >= 0.6 is 0 Å². The number of sulfone groups is 1. The highest BCUT2D eigenvalue weighted by Crippen LogP contribution is 2.45. The number of carboxylic acids is 1. The Labute approximate surface area is 117 Å². The third-order valence-electron chi connectivity index (χ3n) is 3.68. The van der Waals surface area contributed by atoms with Crippen LogP contribution in [0.2, 0.25) is 0 Å². The first-order valence-corrected chi connectivity index (χ1v) is 8.31. The number of aliphatic carboxylic acids is 1. The minimum atomic E-state index is -3.45. The van der Waals surface area contributed by atoms with Gasteiger partial charge in [-0.25, -0.2) is 12.8 Å². The Bertz CT molecular complexity index is 647. The molecule has 1 saturated carbocycles. The van der Waals surface area contributed by atoms with Gasteiger partial charge in [0.1, 0.15) is 5.82 Å². The molecule has 0 bridgehead atoms. The number of halogens is 1. The summed E-state index contributed by atoms with van der Waals surface area (Å²) in [6.07, 6.45) is 2.62. The summed E-state index contributed by atoms with van der Waals surface area (Å²) in [6, 6.07) is 2.49. The third kappa shape index (κ3) is 3.17. The van der Waals surface area contributed by atoms with Crippen molar-refractivity contribution < 1.29 is 22.7 Å². The Hall–Kier alpha value is -1.43. The number of rotatable bonds is 5. The first kappa shape index (κ1) is 15.0. The lowest BCUT2D eigenvalue weighted by Crippen LogP contribution is -2.12. The summed E-state index contributed by atoms with van der Waals surface area (Å²) < 4.78 is 37.5. The second-order valence-electron chi connectivity index (χ2n) is 5.45. The van der Waals surface area contributed by atoms with Crippen molar-refractivity contribution in [3.8, 4) is 0 Å². The van der Waals surface area contributed by atoms with Crippen LogP contribution in [0.4, 0.5) is 4.39 Å². The number of hydrogen-bond donors (Lipinski definition) is 1. The molecule has 0 aromatic heterocycles. The van der Waals surface area contributed by atoms with E-state index in [9.17, 15) is 17.6 Å². The van der Waals surface area contributed by atoms with E-state index in [0.29, 0.717) is 5.56 Å². The van der Waals surface area contributed by atoms with Gasteiger partial charge in [0, 0.05) is 12.2 Å². The van der Waals surface area contributed by atoms with Crippen LogP contribution in [-0.2, 0) is 14.6 Å². The van der Waals surface area contributed by atoms with E-state index in [1.807, 2.05) is 0 Å². The maximum absolute atomic E-state index is 14.1. The zero-order valence-electron chi connectivity index (χ0n) is 11.4. The molecule has 2 rings (SSSR count). The topological polar surface area (TPSA) is 71.4 Å². The van der Waals surface area contributed by atoms with Gasteiger partial charge < -0.3 is 5.11 Å². The molecule has 6 heteroatoms. The highest BCUT2D eigenvalue weighted by Gasteiger charge is 2.36. The lowest BCUT2D eigenvalue weighted by Gasteiger charge is -2.17. The molecule has 0 saturated heterocycles. The molecule has 0 radical (unpaired) electrons. The van der Waals surface area contributed by atoms with Crippen LogP contribution in [0.3, 0.4) is 0 Å². The molecule has 110 valence electrons. The summed E-state index contributed by atoms with van der Waals surface area (Å²) in [5.41, 5.74) is 0.555. The van der Waals surface area contributed by atoms with E-state index < -0.39 is 27.5 Å². The minimum Gasteiger partial charge on any atom is -0.481 e. The van der Waals surface area contributed by atoms with E-state index in [1.54, 1.807) is 0 Å². The molecule has 0 aliphatic heterocycles. The molecule has 1 aliphatic rings. The van der Waals surface area contributed by atoms with E-state index in [2.05, 4.69) is 0 Å². The van der Waals surface area contributed by atoms with Crippen molar-refractivity contribution in [3.63, 3.8) is 0 Å². The van der Waals surface area contributed by atoms with Gasteiger partial charge in [-0.2, -0.15) is 0 Å². The van der Waals surface area contributed by atoms with Crippen LogP contribution in [-0.4, -0.2) is 25.7 Å². The molecule has 20 heavy (non-hydrogen) atoms. The van der Waals surface area contributed by atoms with Gasteiger partial charge in [-0.1, -0.05) is 0 Å². The lowest BCUT2D eigenvalue weighted by atomic mass is 9.90. The molecular weight excluding hydrogens is 283 g/mol. The van der Waals surface area contributed by atoms with Crippen molar-refractivity contribution in [2.45, 2.75) is 37.0 Å². The van der Waals surface area contributed by atoms with Gasteiger partial charge in [-0.3, -0.25) is 4.79 Å². The zero-order chi connectivity index (χ0) is 15.1. The molecule has 1 unspecified atom stereocenters. The molecule has 1 aromatic carbocycles. The fraction of sp³-hybridized carbons (Fsp3) is 0.500. The van der Waals surface area contributed by atoms with Crippen molar-refractivity contribution in [1.29, 1.82) is 0 Å². The van der Waals surface area contributed by atoms with Crippen LogP contribution in [0.5, 0.6) is 0 Å². The van der Waals surface area contributed by atoms with Gasteiger partial charge in [0.25, 0.3) is 0 Å². The van der Waals surface area contributed by atoms with Crippen LogP contribution in [0, 0.1) is 18.7 Å². The average molecular weight is 300 g/mol. The second kappa shape index (κ2) is 5.16. The first-order valence-electron chi connectivity index (χ1n) is 6.42. The minimum absolute atomic E-state index is 0.0740. The first-order chi connectivity index (χ1) is 9.20. The number of aryl methyl sites for hydroxylation is 1. The highest BCUT2D eigenvalue weighted by atomic mass is 32.2. The molecule has 4 nitrogen and oxygen atoms in total. The standard InChI is InChI=1S/C14H17FO4S/c1-8-5-12(15)11(6-13(8)20(2,18)19)10(7-14(16)17)9-3-4-9/h5-6,9-10H,3-4,7H2,1-2H3,(H,16,17). The van der Waals surface area contributed by atoms with Gasteiger partial charge in [0.05, 0.1) is 11.3 Å². The summed E-state index contributed by atoms with van der Waals surface area (Å²) in [6.45, 7) is 1.53. The Morgan fingerprint density at radius 3 is 2.50 bits per heavy atom. The maximum atomic E-state index is 14.1. The Morgan fingerprint density at radius 1 is 1.45 bits per heavy atom. The summed E-state index contributed by atoms with van der Waals surface area (Å²) in [5.74, 6) is -1.83. The van der Waals surface area contributed by atoms with Gasteiger partial charge in [0.2, 0.25) is 0 Å². The van der Waals surface area contributed by atoms with Crippen LogP contribution in [0.25, 0.3) is 0 Å². The number of hydrogen-bond acceptors (Lipinski definition) is 3. The molecule has 0 spiro atoms. The molecule has 1 N–H and O–H groups in total. The largest absolute Gasteiger partial charge is 0.481 e. The van der Waals surface area contributed by atoms with Gasteiger partial charge in [-0.15, -0.1) is 0 Å². The van der Waals surface area contributed by atoms with Crippen LogP contribution in [0.15, 0.2) is 17.0 Å². The second-order valence-corrected chi connectivity index (χ2v) is 7.44. The Balaban J connectivity index is 2.51. The predicted octanol–water partition coefficient (Wildman–Crippen LogP) is 2.51. The molecular formula is C14H17FO4S. The summed E-state index contributed by atoms with van der Waals surface area (Å²) in [4.78, 5) is 11.0. The monoisotopic (exact) mass is 300 g/mol. The van der Waals surface area contributed by atoms with E-state index >= 15 is 0 Å².